The summed E-state index contributed by atoms with van der Waals surface area (Å²) in [7, 11) is 0. The van der Waals surface area contributed by atoms with Crippen molar-refractivity contribution in [3.8, 4) is 18.0 Å². The first-order valence-electron chi connectivity index (χ1n) is 4.91. The van der Waals surface area contributed by atoms with E-state index in [1.54, 1.807) is 36.0 Å². The lowest BCUT2D eigenvalue weighted by Gasteiger charge is -2.06. The molecule has 5 nitrogen and oxygen atoms in total. The van der Waals surface area contributed by atoms with Crippen LogP contribution in [0, 0.1) is 19.3 Å². The molecule has 2 heterocycles. The maximum absolute atomic E-state index is 11.3. The molecule has 0 unspecified atom stereocenters. The molecule has 0 aromatic carbocycles. The second-order valence-electron chi connectivity index (χ2n) is 3.42. The Kier molecular flexibility index (Phi) is 2.63. The average Bonchev–Trinajstić information content (AvgIpc) is 2.67. The monoisotopic (exact) mass is 226 g/mol. The summed E-state index contributed by atoms with van der Waals surface area (Å²) in [5.74, 6) is 1.91. The zero-order valence-corrected chi connectivity index (χ0v) is 9.21. The molecule has 2 rings (SSSR count). The smallest absolute Gasteiger partial charge is 0.285 e. The Morgan fingerprint density at radius 3 is 2.88 bits per heavy atom. The van der Waals surface area contributed by atoms with E-state index in [-0.39, 0.29) is 5.82 Å². The van der Waals surface area contributed by atoms with Gasteiger partial charge < -0.3 is 5.73 Å². The summed E-state index contributed by atoms with van der Waals surface area (Å²) < 4.78 is 1.60. The third kappa shape index (κ3) is 1.76. The van der Waals surface area contributed by atoms with Gasteiger partial charge in [-0.1, -0.05) is 0 Å². The number of amides is 1. The van der Waals surface area contributed by atoms with Gasteiger partial charge in [-0.2, -0.15) is 0 Å². The fraction of sp³-hybridized carbons (Fsp3) is 0.0833. The van der Waals surface area contributed by atoms with Crippen LogP contribution < -0.4 is 5.73 Å². The first-order valence-corrected chi connectivity index (χ1v) is 4.91. The van der Waals surface area contributed by atoms with Gasteiger partial charge in [0.25, 0.3) is 5.91 Å². The summed E-state index contributed by atoms with van der Waals surface area (Å²) in [5.41, 5.74) is 7.07. The highest BCUT2D eigenvalue weighted by molar-refractivity contribution is 5.90. The maximum Gasteiger partial charge on any atom is 0.285 e. The second-order valence-corrected chi connectivity index (χ2v) is 3.42. The van der Waals surface area contributed by atoms with E-state index in [1.807, 2.05) is 0 Å². The number of primary amides is 1. The van der Waals surface area contributed by atoms with Gasteiger partial charge in [0.1, 0.15) is 5.69 Å². The van der Waals surface area contributed by atoms with Crippen LogP contribution in [0.2, 0.25) is 0 Å². The molecular weight excluding hydrogens is 216 g/mol. The van der Waals surface area contributed by atoms with E-state index in [4.69, 9.17) is 12.2 Å². The quantitative estimate of drug-likeness (QED) is 0.764. The standard InChI is InChI=1S/C12H10N4O/c1-3-10-8(2)16(12(15-10)11(13)17)9-5-4-6-14-7-9/h1,4-7H,2H3,(H2,13,17). The van der Waals surface area contributed by atoms with Crippen molar-refractivity contribution in [3.63, 3.8) is 0 Å². The van der Waals surface area contributed by atoms with Gasteiger partial charge in [-0.3, -0.25) is 14.3 Å². The maximum atomic E-state index is 11.3. The van der Waals surface area contributed by atoms with Crippen LogP contribution in [0.25, 0.3) is 5.69 Å². The summed E-state index contributed by atoms with van der Waals surface area (Å²) in [4.78, 5) is 19.3. The third-order valence-electron chi connectivity index (χ3n) is 2.37. The van der Waals surface area contributed by atoms with Crippen molar-refractivity contribution in [1.29, 1.82) is 0 Å². The molecule has 0 spiro atoms. The van der Waals surface area contributed by atoms with Gasteiger partial charge in [0, 0.05) is 6.20 Å². The van der Waals surface area contributed by atoms with Crippen molar-refractivity contribution in [2.45, 2.75) is 6.92 Å². The number of rotatable bonds is 2. The van der Waals surface area contributed by atoms with Gasteiger partial charge in [-0.25, -0.2) is 4.98 Å². The highest BCUT2D eigenvalue weighted by Crippen LogP contribution is 2.16. The Labute approximate surface area is 98.3 Å². The van der Waals surface area contributed by atoms with Gasteiger partial charge in [-0.15, -0.1) is 6.42 Å². The van der Waals surface area contributed by atoms with E-state index in [1.165, 1.54) is 0 Å². The molecule has 2 N–H and O–H groups in total. The van der Waals surface area contributed by atoms with Gasteiger partial charge in [0.2, 0.25) is 5.82 Å². The summed E-state index contributed by atoms with van der Waals surface area (Å²) in [6, 6.07) is 3.56. The predicted molar refractivity (Wildman–Crippen MR) is 62.5 cm³/mol. The Morgan fingerprint density at radius 1 is 1.59 bits per heavy atom. The molecule has 0 fully saturated rings. The predicted octanol–water partition coefficient (Wildman–Crippen LogP) is 0.656. The van der Waals surface area contributed by atoms with Gasteiger partial charge in [0.05, 0.1) is 17.6 Å². The number of pyridine rings is 1. The molecule has 0 bridgehead atoms. The fourth-order valence-electron chi connectivity index (χ4n) is 1.61. The molecule has 0 radical (unpaired) electrons. The van der Waals surface area contributed by atoms with E-state index < -0.39 is 5.91 Å². The summed E-state index contributed by atoms with van der Waals surface area (Å²) in [6.07, 6.45) is 8.57. The molecule has 0 atom stereocenters. The van der Waals surface area contributed by atoms with Crippen LogP contribution in [0.1, 0.15) is 22.0 Å². The minimum atomic E-state index is -0.626. The Bertz CT molecular complexity index is 607. The molecule has 5 heteroatoms. The Morgan fingerprint density at radius 2 is 2.35 bits per heavy atom. The summed E-state index contributed by atoms with van der Waals surface area (Å²) in [6.45, 7) is 1.78. The van der Waals surface area contributed by atoms with Crippen LogP contribution >= 0.6 is 0 Å². The fourth-order valence-corrected chi connectivity index (χ4v) is 1.61. The molecule has 0 saturated heterocycles. The van der Waals surface area contributed by atoms with Crippen LogP contribution in [0.5, 0.6) is 0 Å². The van der Waals surface area contributed by atoms with Crippen LogP contribution in [0.15, 0.2) is 24.5 Å². The minimum absolute atomic E-state index is 0.114. The van der Waals surface area contributed by atoms with E-state index in [0.29, 0.717) is 17.1 Å². The van der Waals surface area contributed by atoms with E-state index in [9.17, 15) is 4.79 Å². The molecule has 1 amide bonds. The normalized spacial score (nSPS) is 9.88. The first-order chi connectivity index (χ1) is 8.15. The highest BCUT2D eigenvalue weighted by Gasteiger charge is 2.17. The lowest BCUT2D eigenvalue weighted by Crippen LogP contribution is -2.18. The summed E-state index contributed by atoms with van der Waals surface area (Å²) >= 11 is 0. The number of hydrogen-bond acceptors (Lipinski definition) is 3. The van der Waals surface area contributed by atoms with Crippen molar-refractivity contribution < 1.29 is 4.79 Å². The lowest BCUT2D eigenvalue weighted by atomic mass is 10.3. The number of carbonyl (C=O) groups is 1. The van der Waals surface area contributed by atoms with E-state index >= 15 is 0 Å². The van der Waals surface area contributed by atoms with Crippen LogP contribution in [0.3, 0.4) is 0 Å². The molecule has 0 aliphatic heterocycles. The van der Waals surface area contributed by atoms with E-state index in [0.717, 1.165) is 0 Å². The zero-order chi connectivity index (χ0) is 12.4. The molecule has 0 saturated carbocycles. The molecule has 2 aromatic heterocycles. The number of nitrogens with zero attached hydrogens (tertiary/aromatic N) is 3. The number of carbonyl (C=O) groups excluding carboxylic acids is 1. The molecule has 17 heavy (non-hydrogen) atoms. The van der Waals surface area contributed by atoms with Gasteiger partial charge >= 0.3 is 0 Å². The molecule has 0 aliphatic carbocycles. The van der Waals surface area contributed by atoms with Gasteiger partial charge in [0.15, 0.2) is 0 Å². The third-order valence-corrected chi connectivity index (χ3v) is 2.37. The lowest BCUT2D eigenvalue weighted by molar-refractivity contribution is 0.0988. The SMILES string of the molecule is C#Cc1nc(C(N)=O)n(-c2cccnc2)c1C. The molecular formula is C12H10N4O. The van der Waals surface area contributed by atoms with Crippen molar-refractivity contribution >= 4 is 5.91 Å². The molecule has 84 valence electrons. The number of hydrogen-bond donors (Lipinski definition) is 1. The number of terminal acetylenes is 1. The number of nitrogens with two attached hydrogens (primary N) is 1. The van der Waals surface area contributed by atoms with Crippen LogP contribution in [-0.4, -0.2) is 20.4 Å². The Balaban J connectivity index is 2.73. The van der Waals surface area contributed by atoms with Crippen molar-refractivity contribution in [1.82, 2.24) is 14.5 Å². The zero-order valence-electron chi connectivity index (χ0n) is 9.21. The van der Waals surface area contributed by atoms with Gasteiger partial charge in [-0.05, 0) is 25.0 Å². The Hall–Kier alpha value is -2.61. The largest absolute Gasteiger partial charge is 0.363 e. The summed E-state index contributed by atoms with van der Waals surface area (Å²) in [5, 5.41) is 0. The molecule has 2 aromatic rings. The van der Waals surface area contributed by atoms with Crippen molar-refractivity contribution in [2.24, 2.45) is 5.73 Å². The van der Waals surface area contributed by atoms with Crippen molar-refractivity contribution in [3.05, 3.63) is 41.7 Å². The van der Waals surface area contributed by atoms with Crippen molar-refractivity contribution in [2.75, 3.05) is 0 Å². The number of aromatic nitrogens is 3. The first kappa shape index (κ1) is 10.9. The van der Waals surface area contributed by atoms with E-state index in [2.05, 4.69) is 15.9 Å². The average molecular weight is 226 g/mol. The topological polar surface area (TPSA) is 73.8 Å². The van der Waals surface area contributed by atoms with Crippen LogP contribution in [0.4, 0.5) is 0 Å². The minimum Gasteiger partial charge on any atom is -0.363 e. The highest BCUT2D eigenvalue weighted by atomic mass is 16.1. The molecule has 0 aliphatic rings. The second kappa shape index (κ2) is 4.10. The number of imidazole rings is 1. The van der Waals surface area contributed by atoms with Crippen LogP contribution in [-0.2, 0) is 0 Å².